The SMILES string of the molecule is CCNc1ncc(Br)cc1C(=O)NCC(F)(F)F. The molecule has 0 aliphatic rings. The number of hydrogen-bond donors (Lipinski definition) is 2. The molecule has 1 rings (SSSR count). The number of halogens is 4. The first kappa shape index (κ1) is 14.7. The highest BCUT2D eigenvalue weighted by molar-refractivity contribution is 9.10. The van der Waals surface area contributed by atoms with Crippen molar-refractivity contribution in [3.05, 3.63) is 22.3 Å². The highest BCUT2D eigenvalue weighted by atomic mass is 79.9. The number of carbonyl (C=O) groups excluding carboxylic acids is 1. The molecule has 1 heterocycles. The van der Waals surface area contributed by atoms with Gasteiger partial charge in [0.25, 0.3) is 5.91 Å². The fraction of sp³-hybridized carbons (Fsp3) is 0.400. The molecule has 1 amide bonds. The van der Waals surface area contributed by atoms with Gasteiger partial charge < -0.3 is 10.6 Å². The number of nitrogens with zero attached hydrogens (tertiary/aromatic N) is 1. The molecule has 100 valence electrons. The van der Waals surface area contributed by atoms with Crippen LogP contribution in [0.1, 0.15) is 17.3 Å². The van der Waals surface area contributed by atoms with Crippen LogP contribution in [0.2, 0.25) is 0 Å². The second kappa shape index (κ2) is 6.03. The molecule has 18 heavy (non-hydrogen) atoms. The minimum absolute atomic E-state index is 0.0653. The Kier molecular flexibility index (Phi) is 4.94. The molecule has 8 heteroatoms. The third kappa shape index (κ3) is 4.52. The summed E-state index contributed by atoms with van der Waals surface area (Å²) in [6.45, 7) is 0.930. The summed E-state index contributed by atoms with van der Waals surface area (Å²) in [4.78, 5) is 15.6. The zero-order chi connectivity index (χ0) is 13.8. The van der Waals surface area contributed by atoms with Gasteiger partial charge in [-0.25, -0.2) is 4.98 Å². The lowest BCUT2D eigenvalue weighted by atomic mass is 10.2. The second-order valence-electron chi connectivity index (χ2n) is 3.38. The van der Waals surface area contributed by atoms with Gasteiger partial charge in [-0.3, -0.25) is 4.79 Å². The van der Waals surface area contributed by atoms with Crippen molar-refractivity contribution in [3.8, 4) is 0 Å². The Balaban J connectivity index is 2.86. The normalized spacial score (nSPS) is 11.2. The quantitative estimate of drug-likeness (QED) is 0.894. The van der Waals surface area contributed by atoms with Crippen molar-refractivity contribution < 1.29 is 18.0 Å². The zero-order valence-corrected chi connectivity index (χ0v) is 11.0. The molecule has 0 radical (unpaired) electrons. The summed E-state index contributed by atoms with van der Waals surface area (Å²) in [7, 11) is 0. The third-order valence-corrected chi connectivity index (χ3v) is 2.33. The smallest absolute Gasteiger partial charge is 0.370 e. The van der Waals surface area contributed by atoms with E-state index in [1.54, 1.807) is 12.2 Å². The third-order valence-electron chi connectivity index (χ3n) is 1.89. The number of amides is 1. The molecule has 1 aromatic heterocycles. The molecule has 0 atom stereocenters. The molecule has 0 fully saturated rings. The van der Waals surface area contributed by atoms with Crippen molar-refractivity contribution in [2.24, 2.45) is 0 Å². The number of carbonyl (C=O) groups is 1. The van der Waals surface area contributed by atoms with E-state index in [-0.39, 0.29) is 11.4 Å². The van der Waals surface area contributed by atoms with Gasteiger partial charge in [0.15, 0.2) is 0 Å². The molecular weight excluding hydrogens is 315 g/mol. The minimum Gasteiger partial charge on any atom is -0.370 e. The van der Waals surface area contributed by atoms with E-state index in [0.717, 1.165) is 0 Å². The molecule has 0 aliphatic heterocycles. The second-order valence-corrected chi connectivity index (χ2v) is 4.29. The first-order chi connectivity index (χ1) is 8.33. The predicted octanol–water partition coefficient (Wildman–Crippen LogP) is 2.57. The van der Waals surface area contributed by atoms with Crippen molar-refractivity contribution in [2.45, 2.75) is 13.1 Å². The molecule has 1 aromatic rings. The maximum absolute atomic E-state index is 12.0. The average molecular weight is 326 g/mol. The molecule has 0 saturated heterocycles. The molecule has 0 bridgehead atoms. The Morgan fingerprint density at radius 2 is 2.17 bits per heavy atom. The monoisotopic (exact) mass is 325 g/mol. The van der Waals surface area contributed by atoms with Crippen LogP contribution in [-0.4, -0.2) is 30.2 Å². The topological polar surface area (TPSA) is 54.0 Å². The van der Waals surface area contributed by atoms with Crippen molar-refractivity contribution in [1.82, 2.24) is 10.3 Å². The van der Waals surface area contributed by atoms with Crippen molar-refractivity contribution >= 4 is 27.7 Å². The van der Waals surface area contributed by atoms with Crippen molar-refractivity contribution in [3.63, 3.8) is 0 Å². The van der Waals surface area contributed by atoms with Crippen LogP contribution < -0.4 is 10.6 Å². The summed E-state index contributed by atoms with van der Waals surface area (Å²) < 4.78 is 36.5. The lowest BCUT2D eigenvalue weighted by Gasteiger charge is -2.11. The van der Waals surface area contributed by atoms with Gasteiger partial charge in [-0.15, -0.1) is 0 Å². The summed E-state index contributed by atoms with van der Waals surface area (Å²) in [5.74, 6) is -0.572. The van der Waals surface area contributed by atoms with Crippen LogP contribution in [-0.2, 0) is 0 Å². The first-order valence-electron chi connectivity index (χ1n) is 5.08. The summed E-state index contributed by atoms with van der Waals surface area (Å²) in [6, 6.07) is 1.41. The van der Waals surface area contributed by atoms with Crippen LogP contribution in [0.3, 0.4) is 0 Å². The molecule has 4 nitrogen and oxygen atoms in total. The van der Waals surface area contributed by atoms with Gasteiger partial charge in [0, 0.05) is 17.2 Å². The molecule has 0 unspecified atom stereocenters. The molecule has 0 aliphatic carbocycles. The summed E-state index contributed by atoms with van der Waals surface area (Å²) >= 11 is 3.11. The molecule has 2 N–H and O–H groups in total. The van der Waals surface area contributed by atoms with Gasteiger partial charge in [0.1, 0.15) is 12.4 Å². The lowest BCUT2D eigenvalue weighted by molar-refractivity contribution is -0.123. The average Bonchev–Trinajstić information content (AvgIpc) is 2.27. The van der Waals surface area contributed by atoms with Crippen LogP contribution in [0.15, 0.2) is 16.7 Å². The maximum Gasteiger partial charge on any atom is 0.405 e. The van der Waals surface area contributed by atoms with E-state index in [4.69, 9.17) is 0 Å². The van der Waals surface area contributed by atoms with E-state index in [0.29, 0.717) is 11.0 Å². The van der Waals surface area contributed by atoms with Crippen molar-refractivity contribution in [2.75, 3.05) is 18.4 Å². The van der Waals surface area contributed by atoms with E-state index >= 15 is 0 Å². The fourth-order valence-electron chi connectivity index (χ4n) is 1.20. The Labute approximate surface area is 110 Å². The molecular formula is C10H11BrF3N3O. The predicted molar refractivity (Wildman–Crippen MR) is 64.5 cm³/mol. The van der Waals surface area contributed by atoms with E-state index in [1.165, 1.54) is 12.3 Å². The van der Waals surface area contributed by atoms with Gasteiger partial charge in [-0.2, -0.15) is 13.2 Å². The lowest BCUT2D eigenvalue weighted by Crippen LogP contribution is -2.34. The van der Waals surface area contributed by atoms with E-state index in [2.05, 4.69) is 26.2 Å². The van der Waals surface area contributed by atoms with Crippen molar-refractivity contribution in [1.29, 1.82) is 0 Å². The van der Waals surface area contributed by atoms with Gasteiger partial charge in [0.05, 0.1) is 5.56 Å². The number of rotatable bonds is 4. The summed E-state index contributed by atoms with van der Waals surface area (Å²) in [5.41, 5.74) is 0.0653. The van der Waals surface area contributed by atoms with Gasteiger partial charge in [-0.1, -0.05) is 0 Å². The minimum atomic E-state index is -4.44. The number of nitrogens with one attached hydrogen (secondary N) is 2. The van der Waals surface area contributed by atoms with E-state index < -0.39 is 18.6 Å². The zero-order valence-electron chi connectivity index (χ0n) is 9.44. The highest BCUT2D eigenvalue weighted by Gasteiger charge is 2.28. The number of pyridine rings is 1. The fourth-order valence-corrected chi connectivity index (χ4v) is 1.53. The summed E-state index contributed by atoms with van der Waals surface area (Å²) in [6.07, 6.45) is -2.98. The van der Waals surface area contributed by atoms with Gasteiger partial charge in [-0.05, 0) is 28.9 Å². The molecule has 0 aromatic carbocycles. The number of aromatic nitrogens is 1. The van der Waals surface area contributed by atoms with Crippen LogP contribution in [0, 0.1) is 0 Å². The Morgan fingerprint density at radius 3 is 2.72 bits per heavy atom. The van der Waals surface area contributed by atoms with Crippen LogP contribution in [0.5, 0.6) is 0 Å². The standard InChI is InChI=1S/C10H11BrF3N3O/c1-2-15-8-7(3-6(11)4-16-8)9(18)17-5-10(12,13)14/h3-4H,2,5H2,1H3,(H,15,16)(H,17,18). The Morgan fingerprint density at radius 1 is 1.50 bits per heavy atom. The van der Waals surface area contributed by atoms with Gasteiger partial charge in [0.2, 0.25) is 0 Å². The highest BCUT2D eigenvalue weighted by Crippen LogP contribution is 2.19. The van der Waals surface area contributed by atoms with E-state index in [1.807, 2.05) is 0 Å². The van der Waals surface area contributed by atoms with E-state index in [9.17, 15) is 18.0 Å². The Hall–Kier alpha value is -1.31. The molecule has 0 saturated carbocycles. The first-order valence-corrected chi connectivity index (χ1v) is 5.87. The largest absolute Gasteiger partial charge is 0.405 e. The number of hydrogen-bond acceptors (Lipinski definition) is 3. The Bertz CT molecular complexity index is 437. The summed E-state index contributed by atoms with van der Waals surface area (Å²) in [5, 5.41) is 4.61. The molecule has 0 spiro atoms. The van der Waals surface area contributed by atoms with Crippen LogP contribution >= 0.6 is 15.9 Å². The number of anilines is 1. The van der Waals surface area contributed by atoms with Crippen LogP contribution in [0.25, 0.3) is 0 Å². The number of alkyl halides is 3. The maximum atomic E-state index is 12.0. The van der Waals surface area contributed by atoms with Gasteiger partial charge >= 0.3 is 6.18 Å². The van der Waals surface area contributed by atoms with Crippen LogP contribution in [0.4, 0.5) is 19.0 Å².